The Morgan fingerprint density at radius 3 is 2.90 bits per heavy atom. The summed E-state index contributed by atoms with van der Waals surface area (Å²) in [6, 6.07) is 1.90. The van der Waals surface area contributed by atoms with Gasteiger partial charge in [0, 0.05) is 13.0 Å². The lowest BCUT2D eigenvalue weighted by molar-refractivity contribution is 0.281. The van der Waals surface area contributed by atoms with E-state index in [0.717, 1.165) is 6.54 Å². The van der Waals surface area contributed by atoms with Crippen LogP contribution in [0.25, 0.3) is 0 Å². The normalized spacial score (nSPS) is 34.1. The first-order chi connectivity index (χ1) is 4.77. The van der Waals surface area contributed by atoms with Gasteiger partial charge in [-0.05, 0) is 6.54 Å². The van der Waals surface area contributed by atoms with Gasteiger partial charge in [-0.3, -0.25) is 4.90 Å². The molecule has 0 aliphatic carbocycles. The molecule has 1 aliphatic rings. The predicted octanol–water partition coefficient (Wildman–Crippen LogP) is 0.942. The van der Waals surface area contributed by atoms with Crippen LogP contribution in [0, 0.1) is 11.3 Å². The molecule has 0 bridgehead atoms. The molecule has 10 heavy (non-hydrogen) atoms. The first-order valence-electron chi connectivity index (χ1n) is 3.55. The fraction of sp³-hybridized carbons (Fsp3) is 0.857. The highest BCUT2D eigenvalue weighted by Gasteiger charge is 2.30. The summed E-state index contributed by atoms with van der Waals surface area (Å²) >= 11 is 0. The Labute approximate surface area is 60.2 Å². The van der Waals surface area contributed by atoms with Crippen LogP contribution in [0.5, 0.6) is 0 Å². The number of hydrogen-bond donors (Lipinski definition) is 0. The summed E-state index contributed by atoms with van der Waals surface area (Å²) in [5.74, 6) is 0. The Bertz CT molecular complexity index is 152. The molecule has 1 aliphatic heterocycles. The van der Waals surface area contributed by atoms with Crippen molar-refractivity contribution in [1.29, 1.82) is 5.26 Å². The van der Waals surface area contributed by atoms with Crippen molar-refractivity contribution in [2.75, 3.05) is 13.1 Å². The van der Waals surface area contributed by atoms with E-state index in [1.165, 1.54) is 0 Å². The molecular weight excluding hydrogens is 131 g/mol. The van der Waals surface area contributed by atoms with Crippen molar-refractivity contribution in [3.8, 4) is 6.07 Å². The molecule has 2 unspecified atom stereocenters. The van der Waals surface area contributed by atoms with Gasteiger partial charge in [-0.15, -0.1) is 0 Å². The molecule has 1 fully saturated rings. The maximum atomic E-state index is 12.6. The topological polar surface area (TPSA) is 27.0 Å². The van der Waals surface area contributed by atoms with Crippen LogP contribution in [0.3, 0.4) is 0 Å². The SMILES string of the molecule is CCN1CC(F)CC1C#N. The third-order valence-electron chi connectivity index (χ3n) is 1.91. The zero-order valence-electron chi connectivity index (χ0n) is 6.05. The minimum Gasteiger partial charge on any atom is -0.285 e. The number of likely N-dealkylation sites (tertiary alicyclic amines) is 1. The number of halogens is 1. The van der Waals surface area contributed by atoms with Gasteiger partial charge in [0.2, 0.25) is 0 Å². The molecule has 0 saturated carbocycles. The van der Waals surface area contributed by atoms with E-state index in [9.17, 15) is 4.39 Å². The van der Waals surface area contributed by atoms with Crippen LogP contribution >= 0.6 is 0 Å². The number of rotatable bonds is 1. The van der Waals surface area contributed by atoms with Gasteiger partial charge in [-0.25, -0.2) is 4.39 Å². The summed E-state index contributed by atoms with van der Waals surface area (Å²) in [5, 5.41) is 8.53. The minimum absolute atomic E-state index is 0.181. The highest BCUT2D eigenvalue weighted by molar-refractivity contribution is 4.98. The van der Waals surface area contributed by atoms with Gasteiger partial charge in [0.25, 0.3) is 0 Å². The number of nitrogens with zero attached hydrogens (tertiary/aromatic N) is 2. The van der Waals surface area contributed by atoms with E-state index in [1.54, 1.807) is 0 Å². The molecule has 0 aromatic rings. The molecule has 0 N–H and O–H groups in total. The number of alkyl halides is 1. The van der Waals surface area contributed by atoms with Gasteiger partial charge in [-0.2, -0.15) is 5.26 Å². The monoisotopic (exact) mass is 142 g/mol. The lowest BCUT2D eigenvalue weighted by Gasteiger charge is -2.14. The molecule has 1 heterocycles. The standard InChI is InChI=1S/C7H11FN2/c1-2-10-5-6(8)3-7(10)4-9/h6-7H,2-3,5H2,1H3. The van der Waals surface area contributed by atoms with Crippen molar-refractivity contribution in [2.45, 2.75) is 25.6 Å². The molecule has 0 amide bonds. The van der Waals surface area contributed by atoms with Gasteiger partial charge in [0.1, 0.15) is 12.2 Å². The summed E-state index contributed by atoms with van der Waals surface area (Å²) in [7, 11) is 0. The Kier molecular flexibility index (Phi) is 2.23. The smallest absolute Gasteiger partial charge is 0.115 e. The van der Waals surface area contributed by atoms with Crippen molar-refractivity contribution in [3.63, 3.8) is 0 Å². The molecule has 1 saturated heterocycles. The van der Waals surface area contributed by atoms with Crippen molar-refractivity contribution in [3.05, 3.63) is 0 Å². The van der Waals surface area contributed by atoms with Gasteiger partial charge in [-0.1, -0.05) is 6.92 Å². The first kappa shape index (κ1) is 7.49. The van der Waals surface area contributed by atoms with E-state index < -0.39 is 6.17 Å². The predicted molar refractivity (Wildman–Crippen MR) is 36.2 cm³/mol. The summed E-state index contributed by atoms with van der Waals surface area (Å²) in [6.07, 6.45) is -0.394. The second-order valence-corrected chi connectivity index (χ2v) is 2.57. The van der Waals surface area contributed by atoms with Gasteiger partial charge < -0.3 is 0 Å². The number of nitriles is 1. The highest BCUT2D eigenvalue weighted by atomic mass is 19.1. The van der Waals surface area contributed by atoms with Gasteiger partial charge in [0.15, 0.2) is 0 Å². The molecule has 0 aromatic carbocycles. The largest absolute Gasteiger partial charge is 0.285 e. The summed E-state index contributed by atoms with van der Waals surface area (Å²) in [5.41, 5.74) is 0. The van der Waals surface area contributed by atoms with E-state index in [2.05, 4.69) is 6.07 Å². The molecule has 2 atom stereocenters. The van der Waals surface area contributed by atoms with Crippen molar-refractivity contribution < 1.29 is 4.39 Å². The first-order valence-corrected chi connectivity index (χ1v) is 3.55. The minimum atomic E-state index is -0.787. The van der Waals surface area contributed by atoms with E-state index in [1.807, 2.05) is 11.8 Å². The van der Waals surface area contributed by atoms with Crippen LogP contribution in [0.4, 0.5) is 4.39 Å². The Morgan fingerprint density at radius 1 is 1.80 bits per heavy atom. The summed E-state index contributed by atoms with van der Waals surface area (Å²) in [4.78, 5) is 1.87. The molecule has 3 heteroatoms. The maximum Gasteiger partial charge on any atom is 0.115 e. The van der Waals surface area contributed by atoms with Crippen molar-refractivity contribution in [2.24, 2.45) is 0 Å². The van der Waals surface area contributed by atoms with Crippen molar-refractivity contribution in [1.82, 2.24) is 4.90 Å². The van der Waals surface area contributed by atoms with Crippen LogP contribution in [-0.4, -0.2) is 30.2 Å². The van der Waals surface area contributed by atoms with Crippen molar-refractivity contribution >= 4 is 0 Å². The van der Waals surface area contributed by atoms with E-state index in [-0.39, 0.29) is 6.04 Å². The number of hydrogen-bond acceptors (Lipinski definition) is 2. The fourth-order valence-corrected chi connectivity index (χ4v) is 1.33. The third kappa shape index (κ3) is 1.27. The lowest BCUT2D eigenvalue weighted by Crippen LogP contribution is -2.27. The summed E-state index contributed by atoms with van der Waals surface area (Å²) in [6.45, 7) is 3.16. The van der Waals surface area contributed by atoms with Crippen LogP contribution in [0.15, 0.2) is 0 Å². The average molecular weight is 142 g/mol. The maximum absolute atomic E-state index is 12.6. The van der Waals surface area contributed by atoms with Crippen LogP contribution in [-0.2, 0) is 0 Å². The zero-order chi connectivity index (χ0) is 7.56. The quantitative estimate of drug-likeness (QED) is 0.545. The van der Waals surface area contributed by atoms with Crippen LogP contribution in [0.2, 0.25) is 0 Å². The van der Waals surface area contributed by atoms with Crippen LogP contribution < -0.4 is 0 Å². The molecular formula is C7H11FN2. The Hall–Kier alpha value is -0.620. The van der Waals surface area contributed by atoms with Crippen LogP contribution in [0.1, 0.15) is 13.3 Å². The lowest BCUT2D eigenvalue weighted by atomic mass is 10.2. The Morgan fingerprint density at radius 2 is 2.50 bits per heavy atom. The zero-order valence-corrected chi connectivity index (χ0v) is 6.05. The molecule has 2 nitrogen and oxygen atoms in total. The van der Waals surface area contributed by atoms with E-state index in [0.29, 0.717) is 13.0 Å². The molecule has 0 radical (unpaired) electrons. The molecule has 56 valence electrons. The Balaban J connectivity index is 2.51. The average Bonchev–Trinajstić information content (AvgIpc) is 2.30. The third-order valence-corrected chi connectivity index (χ3v) is 1.91. The fourth-order valence-electron chi connectivity index (χ4n) is 1.33. The second kappa shape index (κ2) is 2.98. The summed E-state index contributed by atoms with van der Waals surface area (Å²) < 4.78 is 12.6. The second-order valence-electron chi connectivity index (χ2n) is 2.57. The van der Waals surface area contributed by atoms with Gasteiger partial charge in [0.05, 0.1) is 6.07 Å². The molecule has 0 aromatic heterocycles. The van der Waals surface area contributed by atoms with E-state index >= 15 is 0 Å². The van der Waals surface area contributed by atoms with E-state index in [4.69, 9.17) is 5.26 Å². The van der Waals surface area contributed by atoms with Gasteiger partial charge >= 0.3 is 0 Å². The molecule has 0 spiro atoms. The molecule has 1 rings (SSSR count). The highest BCUT2D eigenvalue weighted by Crippen LogP contribution is 2.18.